The van der Waals surface area contributed by atoms with E-state index in [1.807, 2.05) is 6.20 Å². The quantitative estimate of drug-likeness (QED) is 0.562. The van der Waals surface area contributed by atoms with Gasteiger partial charge in [0.2, 0.25) is 0 Å². The second kappa shape index (κ2) is 7.55. The molecule has 0 radical (unpaired) electrons. The molecule has 2 aromatic carbocycles. The molecular formula is C24H23F3N2O3. The summed E-state index contributed by atoms with van der Waals surface area (Å²) in [5.41, 5.74) is 5.20. The normalized spacial score (nSPS) is 25.8. The van der Waals surface area contributed by atoms with Crippen LogP contribution in [0.5, 0.6) is 5.75 Å². The summed E-state index contributed by atoms with van der Waals surface area (Å²) < 4.78 is 38.3. The highest BCUT2D eigenvalue weighted by Crippen LogP contribution is 2.47. The highest BCUT2D eigenvalue weighted by Gasteiger charge is 2.51. The topological polar surface area (TPSA) is 65.6 Å². The molecular weight excluding hydrogens is 421 g/mol. The Kier molecular flexibility index (Phi) is 4.93. The zero-order chi connectivity index (χ0) is 22.5. The summed E-state index contributed by atoms with van der Waals surface area (Å²) in [4.78, 5) is 14.8. The van der Waals surface area contributed by atoms with E-state index in [1.54, 1.807) is 0 Å². The van der Waals surface area contributed by atoms with Crippen LogP contribution in [0.3, 0.4) is 0 Å². The molecule has 5 heterocycles. The predicted molar refractivity (Wildman–Crippen MR) is 114 cm³/mol. The highest BCUT2D eigenvalue weighted by atomic mass is 19.4. The number of ether oxygens (including phenoxy) is 1. The monoisotopic (exact) mass is 444 g/mol. The molecule has 0 aliphatic carbocycles. The molecule has 3 saturated heterocycles. The van der Waals surface area contributed by atoms with Crippen LogP contribution in [0.4, 0.5) is 13.2 Å². The third kappa shape index (κ3) is 3.72. The van der Waals surface area contributed by atoms with E-state index in [4.69, 9.17) is 14.6 Å². The number of aromatic amines is 1. The number of hydrogen-bond donors (Lipinski definition) is 2. The lowest BCUT2D eigenvalue weighted by molar-refractivity contribution is -0.192. The first-order valence-corrected chi connectivity index (χ1v) is 10.7. The van der Waals surface area contributed by atoms with E-state index in [9.17, 15) is 13.2 Å². The molecule has 0 saturated carbocycles. The van der Waals surface area contributed by atoms with Crippen LogP contribution in [-0.4, -0.2) is 52.4 Å². The summed E-state index contributed by atoms with van der Waals surface area (Å²) in [7, 11) is 0. The van der Waals surface area contributed by atoms with Crippen LogP contribution in [0.15, 0.2) is 48.7 Å². The fourth-order valence-electron chi connectivity index (χ4n) is 5.25. The van der Waals surface area contributed by atoms with E-state index in [0.717, 1.165) is 24.6 Å². The first-order valence-electron chi connectivity index (χ1n) is 10.7. The molecule has 5 nitrogen and oxygen atoms in total. The van der Waals surface area contributed by atoms with Crippen molar-refractivity contribution >= 4 is 16.9 Å². The number of aromatic nitrogens is 1. The number of alkyl halides is 3. The molecule has 32 heavy (non-hydrogen) atoms. The lowest BCUT2D eigenvalue weighted by Crippen LogP contribution is -2.61. The first-order chi connectivity index (χ1) is 15.2. The van der Waals surface area contributed by atoms with Gasteiger partial charge in [0, 0.05) is 30.6 Å². The number of benzene rings is 2. The van der Waals surface area contributed by atoms with Gasteiger partial charge >= 0.3 is 12.1 Å². The van der Waals surface area contributed by atoms with E-state index < -0.39 is 12.1 Å². The number of rotatable bonds is 1. The minimum atomic E-state index is -5.08. The molecule has 4 aliphatic rings. The molecule has 1 atom stereocenters. The molecule has 1 spiro atoms. The van der Waals surface area contributed by atoms with Crippen molar-refractivity contribution in [1.29, 1.82) is 0 Å². The van der Waals surface area contributed by atoms with Gasteiger partial charge in [0.05, 0.1) is 0 Å². The third-order valence-electron chi connectivity index (χ3n) is 6.82. The molecule has 4 aliphatic heterocycles. The number of carbonyl (C=O) groups is 1. The van der Waals surface area contributed by atoms with Gasteiger partial charge < -0.3 is 14.8 Å². The molecule has 2 N–H and O–H groups in total. The average Bonchev–Trinajstić information content (AvgIpc) is 3.37. The second-order valence-electron chi connectivity index (χ2n) is 8.80. The number of nitrogens with zero attached hydrogens (tertiary/aromatic N) is 1. The zero-order valence-electron chi connectivity index (χ0n) is 17.3. The van der Waals surface area contributed by atoms with Gasteiger partial charge in [0.1, 0.15) is 11.4 Å². The number of carboxylic acids is 1. The number of piperidine rings is 3. The summed E-state index contributed by atoms with van der Waals surface area (Å²) in [5.74, 6) is -0.919. The predicted octanol–water partition coefficient (Wildman–Crippen LogP) is 4.87. The average molecular weight is 444 g/mol. The molecule has 3 fully saturated rings. The Labute approximate surface area is 182 Å². The van der Waals surface area contributed by atoms with Crippen molar-refractivity contribution in [2.24, 2.45) is 5.92 Å². The number of fused-ring (bicyclic) bond motifs is 4. The van der Waals surface area contributed by atoms with Crippen LogP contribution in [0, 0.1) is 5.92 Å². The van der Waals surface area contributed by atoms with Gasteiger partial charge in [0.15, 0.2) is 0 Å². The molecule has 7 rings (SSSR count). The first kappa shape index (κ1) is 20.9. The summed E-state index contributed by atoms with van der Waals surface area (Å²) in [6, 6.07) is 15.6. The van der Waals surface area contributed by atoms with Gasteiger partial charge in [-0.2, -0.15) is 13.2 Å². The maximum Gasteiger partial charge on any atom is 0.490 e. The van der Waals surface area contributed by atoms with Crippen LogP contribution >= 0.6 is 0 Å². The third-order valence-corrected chi connectivity index (χ3v) is 6.82. The summed E-state index contributed by atoms with van der Waals surface area (Å²) in [6.07, 6.45) is 0.585. The minimum absolute atomic E-state index is 0.0437. The summed E-state index contributed by atoms with van der Waals surface area (Å²) >= 11 is 0. The Bertz CT molecular complexity index is 1160. The SMILES string of the molecule is O=C(O)C(F)(F)F.c1cc2cc(-c3ccc4c(c3)CC3(CN5CCC3CC5)O4)ccc2[nH]1. The number of hydrogen-bond acceptors (Lipinski definition) is 3. The van der Waals surface area contributed by atoms with Crippen LogP contribution in [0.25, 0.3) is 22.0 Å². The highest BCUT2D eigenvalue weighted by molar-refractivity contribution is 5.85. The van der Waals surface area contributed by atoms with Crippen molar-refractivity contribution in [2.75, 3.05) is 19.6 Å². The Hall–Kier alpha value is -3.00. The van der Waals surface area contributed by atoms with Crippen LogP contribution in [-0.2, 0) is 11.2 Å². The lowest BCUT2D eigenvalue weighted by atomic mass is 9.73. The van der Waals surface area contributed by atoms with Crippen molar-refractivity contribution in [3.8, 4) is 16.9 Å². The summed E-state index contributed by atoms with van der Waals surface area (Å²) in [5, 5.41) is 8.39. The largest absolute Gasteiger partial charge is 0.490 e. The fraction of sp³-hybridized carbons (Fsp3) is 0.375. The molecule has 2 bridgehead atoms. The van der Waals surface area contributed by atoms with Gasteiger partial charge in [-0.25, -0.2) is 4.79 Å². The molecule has 1 aromatic heterocycles. The number of aliphatic carboxylic acids is 1. The van der Waals surface area contributed by atoms with Gasteiger partial charge in [-0.3, -0.25) is 4.90 Å². The van der Waals surface area contributed by atoms with Gasteiger partial charge in [-0.1, -0.05) is 12.1 Å². The molecule has 3 aromatic rings. The van der Waals surface area contributed by atoms with Crippen LogP contribution in [0.2, 0.25) is 0 Å². The van der Waals surface area contributed by atoms with E-state index in [-0.39, 0.29) is 5.60 Å². The van der Waals surface area contributed by atoms with Gasteiger partial charge in [0.25, 0.3) is 0 Å². The maximum absolute atomic E-state index is 10.6. The number of carboxylic acid groups (broad SMARTS) is 1. The standard InChI is InChI=1S/C22H22N2O.C2HF3O2/c1-3-20-17(5-8-23-20)11-15(1)16-2-4-21-18(12-16)13-22(25-21)14-24-9-6-19(22)7-10-24;3-2(4,5)1(6)7/h1-5,8,11-12,19,23H,6-7,9-10,13-14H2;(H,6,7). The second-order valence-corrected chi connectivity index (χ2v) is 8.80. The fourth-order valence-corrected chi connectivity index (χ4v) is 5.25. The zero-order valence-corrected chi connectivity index (χ0v) is 17.3. The Morgan fingerprint density at radius 3 is 2.44 bits per heavy atom. The van der Waals surface area contributed by atoms with Crippen molar-refractivity contribution in [3.05, 3.63) is 54.2 Å². The minimum Gasteiger partial charge on any atom is -0.485 e. The van der Waals surface area contributed by atoms with E-state index in [2.05, 4.69) is 52.3 Å². The van der Waals surface area contributed by atoms with Crippen molar-refractivity contribution in [2.45, 2.75) is 31.0 Å². The maximum atomic E-state index is 10.6. The molecule has 8 heteroatoms. The molecule has 1 unspecified atom stereocenters. The Morgan fingerprint density at radius 2 is 1.78 bits per heavy atom. The van der Waals surface area contributed by atoms with E-state index in [1.165, 1.54) is 53.5 Å². The molecule has 0 amide bonds. The molecule has 168 valence electrons. The summed E-state index contributed by atoms with van der Waals surface area (Å²) in [6.45, 7) is 3.62. The van der Waals surface area contributed by atoms with Crippen molar-refractivity contribution in [3.63, 3.8) is 0 Å². The Balaban J connectivity index is 0.000000272. The lowest BCUT2D eigenvalue weighted by Gasteiger charge is -2.50. The van der Waals surface area contributed by atoms with Crippen LogP contribution in [0.1, 0.15) is 18.4 Å². The number of nitrogens with one attached hydrogen (secondary N) is 1. The van der Waals surface area contributed by atoms with Crippen molar-refractivity contribution in [1.82, 2.24) is 9.88 Å². The number of halogens is 3. The Morgan fingerprint density at radius 1 is 1.09 bits per heavy atom. The van der Waals surface area contributed by atoms with Gasteiger partial charge in [-0.05, 0) is 78.3 Å². The van der Waals surface area contributed by atoms with Gasteiger partial charge in [-0.15, -0.1) is 0 Å². The van der Waals surface area contributed by atoms with Crippen molar-refractivity contribution < 1.29 is 27.8 Å². The van der Waals surface area contributed by atoms with Crippen LogP contribution < -0.4 is 4.74 Å². The smallest absolute Gasteiger partial charge is 0.485 e. The number of H-pyrrole nitrogens is 1. The van der Waals surface area contributed by atoms with E-state index in [0.29, 0.717) is 0 Å². The van der Waals surface area contributed by atoms with E-state index >= 15 is 0 Å².